The van der Waals surface area contributed by atoms with Crippen LogP contribution in [0.2, 0.25) is 13.3 Å². The second-order valence-corrected chi connectivity index (χ2v) is 20.8. The summed E-state index contributed by atoms with van der Waals surface area (Å²) >= 11 is -2.16. The molecule has 0 spiro atoms. The fraction of sp³-hybridized carbons (Fsp3) is 0.944. The van der Waals surface area contributed by atoms with Gasteiger partial charge in [0.2, 0.25) is 0 Å². The Morgan fingerprint density at radius 3 is 1.95 bits per heavy atom. The summed E-state index contributed by atoms with van der Waals surface area (Å²) in [6.07, 6.45) is 12.1. The Bertz CT molecular complexity index is 282. The molecule has 1 aliphatic rings. The van der Waals surface area contributed by atoms with E-state index in [9.17, 15) is 0 Å². The molecule has 0 fully saturated rings. The Morgan fingerprint density at radius 1 is 1.00 bits per heavy atom. The van der Waals surface area contributed by atoms with E-state index < -0.39 is 18.4 Å². The summed E-state index contributed by atoms with van der Waals surface area (Å²) in [6, 6.07) is 0. The molecule has 0 bridgehead atoms. The van der Waals surface area contributed by atoms with Crippen LogP contribution in [-0.2, 0) is 4.74 Å². The van der Waals surface area contributed by atoms with Crippen molar-refractivity contribution in [1.29, 1.82) is 0 Å². The maximum absolute atomic E-state index is 5.51. The molecule has 0 aromatic heterocycles. The van der Waals surface area contributed by atoms with E-state index in [-0.39, 0.29) is 0 Å². The van der Waals surface area contributed by atoms with E-state index in [1.54, 1.807) is 13.3 Å². The Labute approximate surface area is 137 Å². The van der Waals surface area contributed by atoms with Gasteiger partial charge < -0.3 is 0 Å². The molecule has 1 rings (SSSR count). The van der Waals surface area contributed by atoms with Crippen LogP contribution >= 0.6 is 0 Å². The normalized spacial score (nSPS) is 19.4. The summed E-state index contributed by atoms with van der Waals surface area (Å²) in [4.78, 5) is 5.12. The van der Waals surface area contributed by atoms with E-state index in [2.05, 4.69) is 20.8 Å². The van der Waals surface area contributed by atoms with Crippen LogP contribution in [-0.4, -0.2) is 35.4 Å². The van der Waals surface area contributed by atoms with Crippen LogP contribution in [0.1, 0.15) is 78.6 Å². The minimum atomic E-state index is -2.16. The van der Waals surface area contributed by atoms with Gasteiger partial charge in [-0.05, 0) is 0 Å². The number of hydrogen-bond donors (Lipinski definition) is 0. The van der Waals surface area contributed by atoms with Crippen molar-refractivity contribution < 1.29 is 4.74 Å². The van der Waals surface area contributed by atoms with Gasteiger partial charge in [0.25, 0.3) is 0 Å². The summed E-state index contributed by atoms with van der Waals surface area (Å²) in [6.45, 7) is 7.04. The first-order valence-corrected chi connectivity index (χ1v) is 17.0. The molecule has 2 nitrogen and oxygen atoms in total. The van der Waals surface area contributed by atoms with Crippen molar-refractivity contribution in [2.75, 3.05) is 7.11 Å². The molecule has 0 saturated carbocycles. The second-order valence-electron chi connectivity index (χ2n) is 6.81. The van der Waals surface area contributed by atoms with Gasteiger partial charge in [0.1, 0.15) is 0 Å². The van der Waals surface area contributed by atoms with Gasteiger partial charge in [-0.25, -0.2) is 0 Å². The molecule has 1 aliphatic heterocycles. The average Bonchev–Trinajstić information content (AvgIpc) is 2.54. The van der Waals surface area contributed by atoms with Crippen molar-refractivity contribution in [3.05, 3.63) is 0 Å². The first kappa shape index (κ1) is 19.3. The van der Waals surface area contributed by atoms with E-state index in [4.69, 9.17) is 9.73 Å². The van der Waals surface area contributed by atoms with Gasteiger partial charge >= 0.3 is 137 Å². The van der Waals surface area contributed by atoms with E-state index in [0.717, 1.165) is 12.3 Å². The first-order valence-electron chi connectivity index (χ1n) is 9.33. The Hall–Kier alpha value is 0.269. The van der Waals surface area contributed by atoms with Gasteiger partial charge in [-0.2, -0.15) is 0 Å². The summed E-state index contributed by atoms with van der Waals surface area (Å²) in [5.74, 6) is 1.05. The zero-order valence-electron chi connectivity index (χ0n) is 14.9. The standard InChI is InChI=1S/C6H10NO.3C4H9.Sn/c1-8-6-4-2-3-5-7-6;3*1-3-4-2;/h5H,2-4H2,1H3;3*1,3-4H2,2H3;. The SMILES string of the molecule is CCC[CH2][Sn]([CH2]CCC)([CH2]CCC)[CH]1CCCC(OC)=N1. The molecule has 0 saturated heterocycles. The topological polar surface area (TPSA) is 21.6 Å². The molecule has 0 aromatic carbocycles. The third-order valence-electron chi connectivity index (χ3n) is 5.20. The fourth-order valence-corrected chi connectivity index (χ4v) is 21.4. The van der Waals surface area contributed by atoms with Crippen molar-refractivity contribution in [3.63, 3.8) is 0 Å². The molecule has 1 unspecified atom stereocenters. The van der Waals surface area contributed by atoms with Crippen LogP contribution in [0.5, 0.6) is 0 Å². The van der Waals surface area contributed by atoms with Gasteiger partial charge in [-0.1, -0.05) is 0 Å². The van der Waals surface area contributed by atoms with Crippen LogP contribution in [0, 0.1) is 0 Å². The number of nitrogens with zero attached hydrogens (tertiary/aromatic N) is 1. The van der Waals surface area contributed by atoms with E-state index in [1.807, 2.05) is 7.11 Å². The number of unbranched alkanes of at least 4 members (excludes halogenated alkanes) is 3. The molecule has 0 aromatic rings. The zero-order valence-corrected chi connectivity index (χ0v) is 17.8. The predicted octanol–water partition coefficient (Wildman–Crippen LogP) is 5.97. The monoisotopic (exact) mass is 403 g/mol. The summed E-state index contributed by atoms with van der Waals surface area (Å²) in [5, 5.41) is 0. The Balaban J connectivity index is 2.93. The van der Waals surface area contributed by atoms with Crippen LogP contribution in [0.25, 0.3) is 0 Å². The van der Waals surface area contributed by atoms with E-state index in [1.165, 1.54) is 51.4 Å². The van der Waals surface area contributed by atoms with Gasteiger partial charge in [0.15, 0.2) is 0 Å². The summed E-state index contributed by atoms with van der Waals surface area (Å²) in [7, 11) is 1.81. The van der Waals surface area contributed by atoms with Crippen molar-refractivity contribution in [3.8, 4) is 0 Å². The molecule has 0 radical (unpaired) electrons. The number of hydrogen-bond acceptors (Lipinski definition) is 2. The molecule has 124 valence electrons. The molecule has 21 heavy (non-hydrogen) atoms. The van der Waals surface area contributed by atoms with Gasteiger partial charge in [-0.15, -0.1) is 0 Å². The number of methoxy groups -OCH3 is 1. The fourth-order valence-electron chi connectivity index (χ4n) is 3.81. The van der Waals surface area contributed by atoms with E-state index in [0.29, 0.717) is 4.06 Å². The first-order chi connectivity index (χ1) is 10.2. The third-order valence-corrected chi connectivity index (χ3v) is 22.0. The van der Waals surface area contributed by atoms with Crippen molar-refractivity contribution in [2.24, 2.45) is 4.99 Å². The summed E-state index contributed by atoms with van der Waals surface area (Å²) in [5.41, 5.74) is 0. The Kier molecular flexibility index (Phi) is 10.0. The van der Waals surface area contributed by atoms with Crippen LogP contribution in [0.4, 0.5) is 0 Å². The van der Waals surface area contributed by atoms with Crippen LogP contribution in [0.3, 0.4) is 0 Å². The van der Waals surface area contributed by atoms with Gasteiger partial charge in [-0.3, -0.25) is 0 Å². The van der Waals surface area contributed by atoms with Crippen molar-refractivity contribution >= 4 is 24.3 Å². The molecule has 1 heterocycles. The van der Waals surface area contributed by atoms with E-state index >= 15 is 0 Å². The van der Waals surface area contributed by atoms with Crippen molar-refractivity contribution in [2.45, 2.75) is 95.9 Å². The molecule has 0 aliphatic carbocycles. The number of ether oxygens (including phenoxy) is 1. The summed E-state index contributed by atoms with van der Waals surface area (Å²) < 4.78 is 10.9. The average molecular weight is 402 g/mol. The van der Waals surface area contributed by atoms with Crippen LogP contribution < -0.4 is 0 Å². The maximum atomic E-state index is 5.51. The van der Waals surface area contributed by atoms with Crippen molar-refractivity contribution in [1.82, 2.24) is 0 Å². The minimum absolute atomic E-state index is 0.715. The molecule has 0 amide bonds. The van der Waals surface area contributed by atoms with Crippen LogP contribution in [0.15, 0.2) is 4.99 Å². The van der Waals surface area contributed by atoms with Gasteiger partial charge in [0, 0.05) is 0 Å². The number of rotatable bonds is 10. The molecular weight excluding hydrogens is 365 g/mol. The molecular formula is C18H37NOSn. The Morgan fingerprint density at radius 2 is 1.52 bits per heavy atom. The quantitative estimate of drug-likeness (QED) is 0.413. The van der Waals surface area contributed by atoms with Gasteiger partial charge in [0.05, 0.1) is 0 Å². The number of aliphatic imine (C=N–C) groups is 1. The predicted molar refractivity (Wildman–Crippen MR) is 97.0 cm³/mol. The molecule has 3 heteroatoms. The molecule has 0 N–H and O–H groups in total. The zero-order chi connectivity index (χ0) is 15.6. The second kappa shape index (κ2) is 10.9. The third kappa shape index (κ3) is 6.11. The molecule has 1 atom stereocenters.